The van der Waals surface area contributed by atoms with Crippen LogP contribution in [0.4, 0.5) is 0 Å². The van der Waals surface area contributed by atoms with Gasteiger partial charge in [0.25, 0.3) is 17.4 Å². The lowest BCUT2D eigenvalue weighted by Crippen LogP contribution is -2.37. The molecule has 2 heterocycles. The number of aromatic nitrogens is 2. The Kier molecular flexibility index (Phi) is 5.64. The van der Waals surface area contributed by atoms with Gasteiger partial charge < -0.3 is 4.74 Å². The number of nitrogens with zero attached hydrogens (tertiary/aromatic N) is 2. The van der Waals surface area contributed by atoms with Crippen molar-refractivity contribution in [2.45, 2.75) is 19.6 Å². The van der Waals surface area contributed by atoms with Crippen molar-refractivity contribution in [3.05, 3.63) is 104 Å². The van der Waals surface area contributed by atoms with Crippen LogP contribution in [0.1, 0.15) is 38.1 Å². The second kappa shape index (κ2) is 8.53. The molecule has 1 aliphatic rings. The zero-order chi connectivity index (χ0) is 22.0. The minimum absolute atomic E-state index is 0.0353. The molecule has 0 aliphatic carbocycles. The first-order valence-electron chi connectivity index (χ1n) is 9.88. The van der Waals surface area contributed by atoms with Crippen molar-refractivity contribution in [3.63, 3.8) is 0 Å². The monoisotopic (exact) mass is 419 g/mol. The van der Waals surface area contributed by atoms with Crippen molar-refractivity contribution in [2.75, 3.05) is 13.2 Å². The van der Waals surface area contributed by atoms with E-state index in [1.165, 1.54) is 10.8 Å². The van der Waals surface area contributed by atoms with E-state index in [0.29, 0.717) is 23.1 Å². The summed E-state index contributed by atoms with van der Waals surface area (Å²) in [4.78, 5) is 52.7. The summed E-state index contributed by atoms with van der Waals surface area (Å²) in [5.41, 5.74) is 1.02. The summed E-state index contributed by atoms with van der Waals surface area (Å²) < 4.78 is 7.29. The highest BCUT2D eigenvalue weighted by Gasteiger charge is 2.34. The maximum Gasteiger partial charge on any atom is 0.330 e. The fourth-order valence-electron chi connectivity index (χ4n) is 3.58. The summed E-state index contributed by atoms with van der Waals surface area (Å²) in [5, 5.41) is 0. The first-order valence-corrected chi connectivity index (χ1v) is 9.88. The Balaban J connectivity index is 1.53. The molecule has 3 aromatic rings. The van der Waals surface area contributed by atoms with Gasteiger partial charge in [0.1, 0.15) is 6.23 Å². The Morgan fingerprint density at radius 2 is 1.52 bits per heavy atom. The smallest absolute Gasteiger partial charge is 0.330 e. The van der Waals surface area contributed by atoms with Gasteiger partial charge in [0.2, 0.25) is 0 Å². The zero-order valence-corrected chi connectivity index (χ0v) is 16.9. The van der Waals surface area contributed by atoms with Crippen molar-refractivity contribution in [1.29, 1.82) is 0 Å². The number of amides is 2. The molecule has 8 nitrogen and oxygen atoms in total. The van der Waals surface area contributed by atoms with E-state index in [2.05, 4.69) is 4.98 Å². The largest absolute Gasteiger partial charge is 0.356 e. The van der Waals surface area contributed by atoms with Crippen LogP contribution in [0.2, 0.25) is 0 Å². The molecule has 0 saturated carbocycles. The molecule has 31 heavy (non-hydrogen) atoms. The second-order valence-electron chi connectivity index (χ2n) is 7.30. The molecule has 0 fully saturated rings. The number of H-pyrrole nitrogens is 1. The van der Waals surface area contributed by atoms with Crippen LogP contribution in [0.3, 0.4) is 0 Å². The minimum Gasteiger partial charge on any atom is -0.356 e. The summed E-state index contributed by atoms with van der Waals surface area (Å²) in [5.74, 6) is -0.721. The SMILES string of the molecule is Cc1cn(C(Cc2ccccc2)OCCN2C(=O)c3ccccc3C2=O)c(=O)[nH]c1=O. The molecule has 8 heteroatoms. The summed E-state index contributed by atoms with van der Waals surface area (Å²) >= 11 is 0. The third-order valence-electron chi connectivity index (χ3n) is 5.21. The van der Waals surface area contributed by atoms with Crippen molar-refractivity contribution in [2.24, 2.45) is 0 Å². The number of rotatable bonds is 7. The summed E-state index contributed by atoms with van der Waals surface area (Å²) in [6.45, 7) is 1.69. The van der Waals surface area contributed by atoms with Gasteiger partial charge in [-0.2, -0.15) is 0 Å². The van der Waals surface area contributed by atoms with Crippen LogP contribution in [0.5, 0.6) is 0 Å². The highest BCUT2D eigenvalue weighted by atomic mass is 16.5. The van der Waals surface area contributed by atoms with Crippen LogP contribution in [-0.4, -0.2) is 39.4 Å². The van der Waals surface area contributed by atoms with Crippen molar-refractivity contribution < 1.29 is 14.3 Å². The number of carbonyl (C=O) groups is 2. The molecule has 1 aromatic heterocycles. The van der Waals surface area contributed by atoms with Gasteiger partial charge in [-0.15, -0.1) is 0 Å². The molecular formula is C23H21N3O5. The van der Waals surface area contributed by atoms with E-state index in [1.807, 2.05) is 30.3 Å². The maximum atomic E-state index is 12.5. The van der Waals surface area contributed by atoms with Crippen LogP contribution in [0.15, 0.2) is 70.4 Å². The van der Waals surface area contributed by atoms with E-state index < -0.39 is 17.5 Å². The Morgan fingerprint density at radius 1 is 0.903 bits per heavy atom. The van der Waals surface area contributed by atoms with Crippen LogP contribution >= 0.6 is 0 Å². The number of aryl methyl sites for hydroxylation is 1. The fraction of sp³-hybridized carbons (Fsp3) is 0.217. The number of imide groups is 1. The third kappa shape index (κ3) is 4.10. The van der Waals surface area contributed by atoms with Crippen molar-refractivity contribution >= 4 is 11.8 Å². The number of nitrogens with one attached hydrogen (secondary N) is 1. The Labute approximate surface area is 177 Å². The minimum atomic E-state index is -0.722. The summed E-state index contributed by atoms with van der Waals surface area (Å²) in [6.07, 6.45) is 1.10. The van der Waals surface area contributed by atoms with Gasteiger partial charge in [-0.05, 0) is 24.6 Å². The molecule has 0 spiro atoms. The van der Waals surface area contributed by atoms with Gasteiger partial charge >= 0.3 is 5.69 Å². The molecule has 0 saturated heterocycles. The third-order valence-corrected chi connectivity index (χ3v) is 5.21. The van der Waals surface area contributed by atoms with Gasteiger partial charge in [-0.25, -0.2) is 4.79 Å². The fourth-order valence-corrected chi connectivity index (χ4v) is 3.58. The van der Waals surface area contributed by atoms with Crippen molar-refractivity contribution in [3.8, 4) is 0 Å². The quantitative estimate of drug-likeness (QED) is 0.590. The van der Waals surface area contributed by atoms with Crippen LogP contribution in [0, 0.1) is 6.92 Å². The molecule has 1 unspecified atom stereocenters. The standard InChI is InChI=1S/C23H21N3O5/c1-15-14-26(23(30)24-20(15)27)19(13-16-7-3-2-4-8-16)31-12-11-25-21(28)17-9-5-6-10-18(17)22(25)29/h2-10,14,19H,11-13H2,1H3,(H,24,27,30). The average molecular weight is 419 g/mol. The molecule has 2 aromatic carbocycles. The predicted molar refractivity (Wildman–Crippen MR) is 113 cm³/mol. The van der Waals surface area contributed by atoms with Crippen LogP contribution < -0.4 is 11.2 Å². The van der Waals surface area contributed by atoms with E-state index in [4.69, 9.17) is 4.74 Å². The molecule has 1 N–H and O–H groups in total. The highest BCUT2D eigenvalue weighted by Crippen LogP contribution is 2.22. The molecule has 2 amide bonds. The first kappa shape index (κ1) is 20.5. The van der Waals surface area contributed by atoms with Gasteiger partial charge in [-0.3, -0.25) is 28.8 Å². The van der Waals surface area contributed by atoms with Gasteiger partial charge in [-0.1, -0.05) is 42.5 Å². The molecular weight excluding hydrogens is 398 g/mol. The van der Waals surface area contributed by atoms with Gasteiger partial charge in [0, 0.05) is 18.2 Å². The summed E-state index contributed by atoms with van der Waals surface area (Å²) in [6, 6.07) is 16.1. The molecule has 158 valence electrons. The number of fused-ring (bicyclic) bond motifs is 1. The number of ether oxygens (including phenoxy) is 1. The maximum absolute atomic E-state index is 12.5. The number of hydrogen-bond acceptors (Lipinski definition) is 5. The Bertz CT molecular complexity index is 1210. The average Bonchev–Trinajstić information content (AvgIpc) is 3.01. The number of aromatic amines is 1. The van der Waals surface area contributed by atoms with E-state index >= 15 is 0 Å². The normalized spacial score (nSPS) is 14.0. The number of hydrogen-bond donors (Lipinski definition) is 1. The molecule has 4 rings (SSSR count). The lowest BCUT2D eigenvalue weighted by atomic mass is 10.1. The van der Waals surface area contributed by atoms with E-state index in [0.717, 1.165) is 10.5 Å². The summed E-state index contributed by atoms with van der Waals surface area (Å²) in [7, 11) is 0. The molecule has 0 bridgehead atoms. The molecule has 1 atom stereocenters. The van der Waals surface area contributed by atoms with E-state index in [-0.39, 0.29) is 25.0 Å². The Hall–Kier alpha value is -3.78. The Morgan fingerprint density at radius 3 is 2.16 bits per heavy atom. The number of carbonyl (C=O) groups excluding carboxylic acids is 2. The van der Waals surface area contributed by atoms with Crippen LogP contribution in [-0.2, 0) is 11.2 Å². The first-order chi connectivity index (χ1) is 15.0. The van der Waals surface area contributed by atoms with E-state index in [1.54, 1.807) is 31.2 Å². The van der Waals surface area contributed by atoms with Crippen molar-refractivity contribution in [1.82, 2.24) is 14.5 Å². The molecule has 0 radical (unpaired) electrons. The van der Waals surface area contributed by atoms with Gasteiger partial charge in [0.15, 0.2) is 0 Å². The van der Waals surface area contributed by atoms with E-state index in [9.17, 15) is 19.2 Å². The van der Waals surface area contributed by atoms with Gasteiger partial charge in [0.05, 0.1) is 24.3 Å². The zero-order valence-electron chi connectivity index (χ0n) is 16.9. The molecule has 1 aliphatic heterocycles. The highest BCUT2D eigenvalue weighted by molar-refractivity contribution is 6.21. The lowest BCUT2D eigenvalue weighted by Gasteiger charge is -2.22. The lowest BCUT2D eigenvalue weighted by molar-refractivity contribution is -0.00793. The number of benzene rings is 2. The predicted octanol–water partition coefficient (Wildman–Crippen LogP) is 1.90. The second-order valence-corrected chi connectivity index (χ2v) is 7.30. The topological polar surface area (TPSA) is 101 Å². The van der Waals surface area contributed by atoms with Crippen LogP contribution in [0.25, 0.3) is 0 Å².